The SMILES string of the molecule is COC(=O)c1cccc(C(=O)OCNC(=O)c2cccc(C(=O)NCc3cccc(OC)c3)c2)c1. The number of hydrogen-bond donors (Lipinski definition) is 2. The van der Waals surface area contributed by atoms with Gasteiger partial charge in [0.25, 0.3) is 11.8 Å². The zero-order valence-corrected chi connectivity index (χ0v) is 19.2. The Labute approximate surface area is 202 Å². The fourth-order valence-electron chi connectivity index (χ4n) is 3.11. The van der Waals surface area contributed by atoms with Gasteiger partial charge >= 0.3 is 11.9 Å². The molecule has 0 saturated heterocycles. The number of nitrogens with one attached hydrogen (secondary N) is 2. The number of ether oxygens (including phenoxy) is 3. The van der Waals surface area contributed by atoms with E-state index in [4.69, 9.17) is 9.47 Å². The number of esters is 2. The molecule has 35 heavy (non-hydrogen) atoms. The van der Waals surface area contributed by atoms with Crippen molar-refractivity contribution in [2.75, 3.05) is 21.0 Å². The first-order valence-corrected chi connectivity index (χ1v) is 10.6. The summed E-state index contributed by atoms with van der Waals surface area (Å²) in [5.74, 6) is -1.49. The van der Waals surface area contributed by atoms with Crippen molar-refractivity contribution in [2.45, 2.75) is 6.54 Å². The third-order valence-electron chi connectivity index (χ3n) is 4.93. The summed E-state index contributed by atoms with van der Waals surface area (Å²) in [6.07, 6.45) is 0. The summed E-state index contributed by atoms with van der Waals surface area (Å²) in [5.41, 5.74) is 1.73. The van der Waals surface area contributed by atoms with E-state index in [2.05, 4.69) is 15.4 Å². The van der Waals surface area contributed by atoms with Crippen molar-refractivity contribution in [1.82, 2.24) is 10.6 Å². The molecule has 2 amide bonds. The van der Waals surface area contributed by atoms with E-state index in [9.17, 15) is 19.2 Å². The minimum atomic E-state index is -0.721. The first kappa shape index (κ1) is 25.0. The lowest BCUT2D eigenvalue weighted by Gasteiger charge is -2.10. The Morgan fingerprint density at radius 3 is 1.91 bits per heavy atom. The fraction of sp³-hybridized carbons (Fsp3) is 0.154. The lowest BCUT2D eigenvalue weighted by Crippen LogP contribution is -2.28. The van der Waals surface area contributed by atoms with E-state index < -0.39 is 24.6 Å². The Balaban J connectivity index is 1.53. The number of carbonyl (C=O) groups excluding carboxylic acids is 4. The number of amides is 2. The van der Waals surface area contributed by atoms with Crippen LogP contribution < -0.4 is 15.4 Å². The molecule has 0 radical (unpaired) electrons. The van der Waals surface area contributed by atoms with Gasteiger partial charge in [0.1, 0.15) is 5.75 Å². The molecule has 0 fully saturated rings. The highest BCUT2D eigenvalue weighted by Crippen LogP contribution is 2.13. The van der Waals surface area contributed by atoms with Crippen molar-refractivity contribution < 1.29 is 33.4 Å². The van der Waals surface area contributed by atoms with Gasteiger partial charge in [0.15, 0.2) is 6.73 Å². The van der Waals surface area contributed by atoms with E-state index in [1.165, 1.54) is 43.5 Å². The predicted octanol–water partition coefficient (Wildman–Crippen LogP) is 2.96. The second kappa shape index (κ2) is 12.0. The lowest BCUT2D eigenvalue weighted by atomic mass is 10.1. The molecular formula is C26H24N2O7. The quantitative estimate of drug-likeness (QED) is 0.360. The van der Waals surface area contributed by atoms with Crippen LogP contribution in [-0.2, 0) is 16.0 Å². The summed E-state index contributed by atoms with van der Waals surface area (Å²) >= 11 is 0. The Morgan fingerprint density at radius 1 is 0.686 bits per heavy atom. The normalized spacial score (nSPS) is 10.1. The zero-order valence-electron chi connectivity index (χ0n) is 19.2. The summed E-state index contributed by atoms with van der Waals surface area (Å²) in [6, 6.07) is 19.3. The second-order valence-corrected chi connectivity index (χ2v) is 7.27. The maximum Gasteiger partial charge on any atom is 0.339 e. The van der Waals surface area contributed by atoms with Crippen LogP contribution in [0, 0.1) is 0 Å². The molecule has 0 aliphatic rings. The van der Waals surface area contributed by atoms with Crippen LogP contribution in [0.2, 0.25) is 0 Å². The maximum atomic E-state index is 12.5. The van der Waals surface area contributed by atoms with Crippen molar-refractivity contribution >= 4 is 23.8 Å². The summed E-state index contributed by atoms with van der Waals surface area (Å²) in [7, 11) is 2.81. The average molecular weight is 476 g/mol. The van der Waals surface area contributed by atoms with Gasteiger partial charge in [0.2, 0.25) is 0 Å². The van der Waals surface area contributed by atoms with Gasteiger partial charge in [-0.05, 0) is 54.1 Å². The highest BCUT2D eigenvalue weighted by molar-refractivity contribution is 6.00. The average Bonchev–Trinajstić information content (AvgIpc) is 2.91. The molecule has 0 spiro atoms. The van der Waals surface area contributed by atoms with Crippen molar-refractivity contribution in [1.29, 1.82) is 0 Å². The smallest absolute Gasteiger partial charge is 0.339 e. The number of methoxy groups -OCH3 is 2. The first-order valence-electron chi connectivity index (χ1n) is 10.6. The lowest BCUT2D eigenvalue weighted by molar-refractivity contribution is 0.0463. The van der Waals surface area contributed by atoms with Crippen molar-refractivity contribution in [3.8, 4) is 5.75 Å². The van der Waals surface area contributed by atoms with Crippen LogP contribution in [-0.4, -0.2) is 44.7 Å². The molecule has 9 nitrogen and oxygen atoms in total. The highest BCUT2D eigenvalue weighted by Gasteiger charge is 2.14. The minimum absolute atomic E-state index is 0.136. The van der Waals surface area contributed by atoms with Crippen LogP contribution in [0.4, 0.5) is 0 Å². The van der Waals surface area contributed by atoms with E-state index in [-0.39, 0.29) is 22.6 Å². The van der Waals surface area contributed by atoms with Gasteiger partial charge in [-0.25, -0.2) is 9.59 Å². The molecule has 0 aliphatic heterocycles. The monoisotopic (exact) mass is 476 g/mol. The molecule has 0 bridgehead atoms. The number of rotatable bonds is 9. The molecule has 0 aliphatic carbocycles. The van der Waals surface area contributed by atoms with Crippen LogP contribution in [0.15, 0.2) is 72.8 Å². The van der Waals surface area contributed by atoms with Gasteiger partial charge in [0.05, 0.1) is 25.3 Å². The summed E-state index contributed by atoms with van der Waals surface area (Å²) < 4.78 is 14.9. The van der Waals surface area contributed by atoms with Crippen LogP contribution in [0.5, 0.6) is 5.75 Å². The number of carbonyl (C=O) groups is 4. The van der Waals surface area contributed by atoms with Gasteiger partial charge in [0, 0.05) is 17.7 Å². The first-order chi connectivity index (χ1) is 16.9. The van der Waals surface area contributed by atoms with E-state index in [0.717, 1.165) is 5.56 Å². The van der Waals surface area contributed by atoms with Crippen molar-refractivity contribution in [2.24, 2.45) is 0 Å². The second-order valence-electron chi connectivity index (χ2n) is 7.27. The molecule has 0 unspecified atom stereocenters. The largest absolute Gasteiger partial charge is 0.497 e. The third-order valence-corrected chi connectivity index (χ3v) is 4.93. The fourth-order valence-corrected chi connectivity index (χ4v) is 3.11. The van der Waals surface area contributed by atoms with E-state index >= 15 is 0 Å². The molecule has 3 rings (SSSR count). The molecule has 9 heteroatoms. The predicted molar refractivity (Wildman–Crippen MR) is 126 cm³/mol. The van der Waals surface area contributed by atoms with E-state index in [1.54, 1.807) is 19.2 Å². The molecule has 0 aromatic heterocycles. The zero-order chi connectivity index (χ0) is 25.2. The van der Waals surface area contributed by atoms with Crippen molar-refractivity contribution in [3.05, 3.63) is 101 Å². The van der Waals surface area contributed by atoms with E-state index in [0.29, 0.717) is 17.9 Å². The molecule has 0 atom stereocenters. The Bertz CT molecular complexity index is 1240. The Hall–Kier alpha value is -4.66. The van der Waals surface area contributed by atoms with Crippen LogP contribution >= 0.6 is 0 Å². The molecular weight excluding hydrogens is 452 g/mol. The standard InChI is InChI=1S/C26H24N2O7/c1-33-22-11-3-6-17(12-22)15-27-23(29)18-7-4-8-19(13-18)24(30)28-16-35-26(32)21-10-5-9-20(14-21)25(31)34-2/h3-14H,15-16H2,1-2H3,(H,27,29)(H,28,30). The molecule has 2 N–H and O–H groups in total. The van der Waals surface area contributed by atoms with E-state index in [1.807, 2.05) is 24.3 Å². The van der Waals surface area contributed by atoms with Gasteiger partial charge in [-0.1, -0.05) is 24.3 Å². The third kappa shape index (κ3) is 6.91. The van der Waals surface area contributed by atoms with Crippen LogP contribution in [0.25, 0.3) is 0 Å². The minimum Gasteiger partial charge on any atom is -0.497 e. The number of hydrogen-bond acceptors (Lipinski definition) is 7. The Kier molecular flexibility index (Phi) is 8.55. The van der Waals surface area contributed by atoms with Gasteiger partial charge < -0.3 is 24.8 Å². The Morgan fingerprint density at radius 2 is 1.26 bits per heavy atom. The number of benzene rings is 3. The summed E-state index contributed by atoms with van der Waals surface area (Å²) in [5, 5.41) is 5.26. The maximum absolute atomic E-state index is 12.5. The topological polar surface area (TPSA) is 120 Å². The molecule has 3 aromatic rings. The van der Waals surface area contributed by atoms with Gasteiger partial charge in [-0.3, -0.25) is 9.59 Å². The van der Waals surface area contributed by atoms with Gasteiger partial charge in [-0.2, -0.15) is 0 Å². The summed E-state index contributed by atoms with van der Waals surface area (Å²) in [4.78, 5) is 48.8. The summed E-state index contributed by atoms with van der Waals surface area (Å²) in [6.45, 7) is -0.105. The highest BCUT2D eigenvalue weighted by atomic mass is 16.5. The van der Waals surface area contributed by atoms with Crippen molar-refractivity contribution in [3.63, 3.8) is 0 Å². The molecule has 180 valence electrons. The van der Waals surface area contributed by atoms with Crippen LogP contribution in [0.1, 0.15) is 47.0 Å². The molecule has 3 aromatic carbocycles. The van der Waals surface area contributed by atoms with Gasteiger partial charge in [-0.15, -0.1) is 0 Å². The molecule has 0 heterocycles. The molecule has 0 saturated carbocycles. The van der Waals surface area contributed by atoms with Crippen LogP contribution in [0.3, 0.4) is 0 Å².